The molecule has 1 saturated carbocycles. The van der Waals surface area contributed by atoms with E-state index in [0.717, 1.165) is 25.7 Å². The molecule has 1 N–H and O–H groups in total. The van der Waals surface area contributed by atoms with E-state index in [4.69, 9.17) is 4.74 Å². The molecule has 3 rings (SSSR count). The van der Waals surface area contributed by atoms with Crippen LogP contribution in [0, 0.1) is 11.8 Å². The first-order valence-corrected chi connectivity index (χ1v) is 10.2. The van der Waals surface area contributed by atoms with Crippen LogP contribution in [0.15, 0.2) is 24.3 Å². The molecule has 3 amide bonds. The number of benzene rings is 1. The van der Waals surface area contributed by atoms with Gasteiger partial charge in [0.1, 0.15) is 0 Å². The third-order valence-electron chi connectivity index (χ3n) is 5.69. The van der Waals surface area contributed by atoms with E-state index in [2.05, 4.69) is 5.32 Å². The SMILES string of the molecule is CC(=O)c1cccc(NC(=O)[C@H](C)OC(=O)CCN2C(=O)[C@H]3CCCC[C@H]3C2=O)c1. The number of anilines is 1. The Morgan fingerprint density at radius 3 is 2.37 bits per heavy atom. The first-order chi connectivity index (χ1) is 14.3. The van der Waals surface area contributed by atoms with Crippen LogP contribution in [0.1, 0.15) is 56.3 Å². The summed E-state index contributed by atoms with van der Waals surface area (Å²) in [6, 6.07) is 6.45. The van der Waals surface area contributed by atoms with Crippen molar-refractivity contribution in [1.82, 2.24) is 4.90 Å². The molecule has 3 atom stereocenters. The number of nitrogens with one attached hydrogen (secondary N) is 1. The Labute approximate surface area is 174 Å². The number of esters is 1. The van der Waals surface area contributed by atoms with Gasteiger partial charge in [0.25, 0.3) is 5.91 Å². The van der Waals surface area contributed by atoms with E-state index in [1.807, 2.05) is 0 Å². The van der Waals surface area contributed by atoms with Crippen molar-refractivity contribution in [3.63, 3.8) is 0 Å². The predicted octanol–water partition coefficient (Wildman–Crippen LogP) is 2.32. The van der Waals surface area contributed by atoms with Gasteiger partial charge in [-0.05, 0) is 38.8 Å². The lowest BCUT2D eigenvalue weighted by molar-refractivity contribution is -0.154. The quantitative estimate of drug-likeness (QED) is 0.417. The topological polar surface area (TPSA) is 110 Å². The van der Waals surface area contributed by atoms with Crippen molar-refractivity contribution in [2.24, 2.45) is 11.8 Å². The van der Waals surface area contributed by atoms with E-state index in [9.17, 15) is 24.0 Å². The van der Waals surface area contributed by atoms with Crippen molar-refractivity contribution < 1.29 is 28.7 Å². The third-order valence-corrected chi connectivity index (χ3v) is 5.69. The number of Topliss-reactive ketones (excluding diaryl/α,β-unsaturated/α-hetero) is 1. The Hall–Kier alpha value is -3.03. The molecule has 2 fully saturated rings. The number of ether oxygens (including phenoxy) is 1. The lowest BCUT2D eigenvalue weighted by Crippen LogP contribution is -2.35. The molecule has 1 heterocycles. The van der Waals surface area contributed by atoms with Crippen molar-refractivity contribution in [3.8, 4) is 0 Å². The fourth-order valence-corrected chi connectivity index (χ4v) is 4.02. The highest BCUT2D eigenvalue weighted by Crippen LogP contribution is 2.37. The van der Waals surface area contributed by atoms with Crippen molar-refractivity contribution in [3.05, 3.63) is 29.8 Å². The summed E-state index contributed by atoms with van der Waals surface area (Å²) in [6.45, 7) is 2.83. The van der Waals surface area contributed by atoms with E-state index in [-0.39, 0.29) is 42.4 Å². The van der Waals surface area contributed by atoms with E-state index < -0.39 is 18.0 Å². The minimum Gasteiger partial charge on any atom is -0.452 e. The molecule has 0 aromatic heterocycles. The zero-order valence-electron chi connectivity index (χ0n) is 17.2. The van der Waals surface area contributed by atoms with E-state index in [0.29, 0.717) is 11.3 Å². The summed E-state index contributed by atoms with van der Waals surface area (Å²) >= 11 is 0. The average molecular weight is 414 g/mol. The lowest BCUT2D eigenvalue weighted by atomic mass is 9.81. The van der Waals surface area contributed by atoms with Gasteiger partial charge in [0.2, 0.25) is 11.8 Å². The Balaban J connectivity index is 1.49. The normalized spacial score (nSPS) is 21.7. The number of likely N-dealkylation sites (tertiary alicyclic amines) is 1. The smallest absolute Gasteiger partial charge is 0.308 e. The predicted molar refractivity (Wildman–Crippen MR) is 107 cm³/mol. The molecule has 0 unspecified atom stereocenters. The summed E-state index contributed by atoms with van der Waals surface area (Å²) in [4.78, 5) is 61.9. The zero-order chi connectivity index (χ0) is 21.8. The van der Waals surface area contributed by atoms with Crippen molar-refractivity contribution >= 4 is 35.2 Å². The van der Waals surface area contributed by atoms with Crippen LogP contribution in [0.3, 0.4) is 0 Å². The van der Waals surface area contributed by atoms with Gasteiger partial charge in [-0.25, -0.2) is 0 Å². The Bertz CT molecular complexity index is 856. The number of imide groups is 1. The molecule has 8 heteroatoms. The number of carbonyl (C=O) groups excluding carboxylic acids is 5. The molecule has 1 saturated heterocycles. The van der Waals surface area contributed by atoms with Crippen LogP contribution in [-0.4, -0.2) is 47.0 Å². The van der Waals surface area contributed by atoms with Crippen LogP contribution < -0.4 is 5.32 Å². The second-order valence-electron chi connectivity index (χ2n) is 7.83. The highest BCUT2D eigenvalue weighted by molar-refractivity contribution is 6.05. The Morgan fingerprint density at radius 2 is 1.77 bits per heavy atom. The van der Waals surface area contributed by atoms with Crippen LogP contribution in [0.4, 0.5) is 5.69 Å². The maximum atomic E-state index is 12.4. The number of hydrogen-bond acceptors (Lipinski definition) is 6. The van der Waals surface area contributed by atoms with Crippen LogP contribution in [-0.2, 0) is 23.9 Å². The number of carbonyl (C=O) groups is 5. The second-order valence-corrected chi connectivity index (χ2v) is 7.83. The van der Waals surface area contributed by atoms with Crippen LogP contribution in [0.2, 0.25) is 0 Å². The molecule has 1 aromatic carbocycles. The van der Waals surface area contributed by atoms with Gasteiger partial charge in [-0.15, -0.1) is 0 Å². The summed E-state index contributed by atoms with van der Waals surface area (Å²) in [5, 5.41) is 2.60. The third kappa shape index (κ3) is 4.75. The summed E-state index contributed by atoms with van der Waals surface area (Å²) in [6.07, 6.45) is 2.10. The monoisotopic (exact) mass is 414 g/mol. The van der Waals surface area contributed by atoms with Crippen molar-refractivity contribution in [2.45, 2.75) is 52.1 Å². The summed E-state index contributed by atoms with van der Waals surface area (Å²) in [5.41, 5.74) is 0.879. The number of rotatable bonds is 7. The van der Waals surface area contributed by atoms with Crippen LogP contribution in [0.25, 0.3) is 0 Å². The zero-order valence-corrected chi connectivity index (χ0v) is 17.2. The highest BCUT2D eigenvalue weighted by atomic mass is 16.5. The summed E-state index contributed by atoms with van der Waals surface area (Å²) in [7, 11) is 0. The molecule has 1 aliphatic heterocycles. The number of fused-ring (bicyclic) bond motifs is 1. The number of ketones is 1. The summed E-state index contributed by atoms with van der Waals surface area (Å²) in [5.74, 6) is -2.23. The molecule has 0 bridgehead atoms. The van der Waals surface area contributed by atoms with Gasteiger partial charge in [-0.2, -0.15) is 0 Å². The Morgan fingerprint density at radius 1 is 1.13 bits per heavy atom. The second kappa shape index (κ2) is 9.19. The first kappa shape index (κ1) is 21.7. The van der Waals surface area contributed by atoms with E-state index >= 15 is 0 Å². The van der Waals surface area contributed by atoms with Gasteiger partial charge < -0.3 is 10.1 Å². The molecule has 0 radical (unpaired) electrons. The van der Waals surface area contributed by atoms with Crippen LogP contribution in [0.5, 0.6) is 0 Å². The maximum absolute atomic E-state index is 12.4. The highest BCUT2D eigenvalue weighted by Gasteiger charge is 2.47. The fraction of sp³-hybridized carbons (Fsp3) is 0.500. The fourth-order valence-electron chi connectivity index (χ4n) is 4.02. The molecular formula is C22H26N2O6. The maximum Gasteiger partial charge on any atom is 0.308 e. The largest absolute Gasteiger partial charge is 0.452 e. The standard InChI is InChI=1S/C22H26N2O6/c1-13(25)15-6-5-7-16(12-15)23-20(27)14(2)30-19(26)10-11-24-21(28)17-8-3-4-9-18(17)22(24)29/h5-7,12,14,17-18H,3-4,8-11H2,1-2H3,(H,23,27)/t14-,17-,18+/m0/s1. The van der Waals surface area contributed by atoms with Crippen molar-refractivity contribution in [1.29, 1.82) is 0 Å². The molecule has 1 aliphatic carbocycles. The van der Waals surface area contributed by atoms with Crippen molar-refractivity contribution in [2.75, 3.05) is 11.9 Å². The van der Waals surface area contributed by atoms with Gasteiger partial charge in [-0.1, -0.05) is 25.0 Å². The van der Waals surface area contributed by atoms with Gasteiger partial charge in [0, 0.05) is 17.8 Å². The van der Waals surface area contributed by atoms with Gasteiger partial charge >= 0.3 is 5.97 Å². The van der Waals surface area contributed by atoms with Crippen LogP contribution >= 0.6 is 0 Å². The number of amides is 3. The average Bonchev–Trinajstić information content (AvgIpc) is 2.97. The summed E-state index contributed by atoms with van der Waals surface area (Å²) < 4.78 is 5.14. The Kier molecular flexibility index (Phi) is 6.64. The molecule has 30 heavy (non-hydrogen) atoms. The van der Waals surface area contributed by atoms with Gasteiger partial charge in [-0.3, -0.25) is 28.9 Å². The van der Waals surface area contributed by atoms with Gasteiger partial charge in [0.15, 0.2) is 11.9 Å². The van der Waals surface area contributed by atoms with E-state index in [1.54, 1.807) is 24.3 Å². The molecule has 8 nitrogen and oxygen atoms in total. The first-order valence-electron chi connectivity index (χ1n) is 10.2. The van der Waals surface area contributed by atoms with Gasteiger partial charge in [0.05, 0.1) is 18.3 Å². The lowest BCUT2D eigenvalue weighted by Gasteiger charge is -2.19. The molecule has 160 valence electrons. The molecule has 1 aromatic rings. The molecular weight excluding hydrogens is 388 g/mol. The van der Waals surface area contributed by atoms with E-state index in [1.165, 1.54) is 18.7 Å². The minimum absolute atomic E-state index is 0.0293. The minimum atomic E-state index is -1.06. The number of nitrogens with zero attached hydrogens (tertiary/aromatic N) is 1. The molecule has 2 aliphatic rings. The number of hydrogen-bond donors (Lipinski definition) is 1. The molecule has 0 spiro atoms.